The van der Waals surface area contributed by atoms with E-state index in [1.807, 2.05) is 4.72 Å². The number of aromatic nitrogens is 1. The zero-order chi connectivity index (χ0) is 25.3. The van der Waals surface area contributed by atoms with Crippen LogP contribution in [-0.4, -0.2) is 26.2 Å². The molecule has 0 unspecified atom stereocenters. The van der Waals surface area contributed by atoms with Crippen molar-refractivity contribution in [2.45, 2.75) is 36.8 Å². The fourth-order valence-electron chi connectivity index (χ4n) is 3.70. The molecule has 0 radical (unpaired) electrons. The maximum Gasteiger partial charge on any atom is 0.329 e. The van der Waals surface area contributed by atoms with Gasteiger partial charge in [0.15, 0.2) is 0 Å². The molecule has 186 valence electrons. The van der Waals surface area contributed by atoms with E-state index < -0.39 is 28.4 Å². The summed E-state index contributed by atoms with van der Waals surface area (Å²) in [4.78, 5) is 12.2. The van der Waals surface area contributed by atoms with Gasteiger partial charge in [0.1, 0.15) is 15.8 Å². The van der Waals surface area contributed by atoms with Gasteiger partial charge in [-0.2, -0.15) is 0 Å². The molecular formula is C22H19Cl3FN3O4S2. The SMILES string of the molecule is Cc1cc(S(=O)(=O)NC(=O)NCC(F)=C2CCCc3onc(Cc4ccc(Cl)cc4Cl)c32)sc1Cl. The summed E-state index contributed by atoms with van der Waals surface area (Å²) in [7, 11) is -4.14. The Kier molecular flexibility index (Phi) is 7.77. The summed E-state index contributed by atoms with van der Waals surface area (Å²) in [6, 6.07) is 5.38. The molecule has 2 N–H and O–H groups in total. The number of thiophene rings is 1. The Balaban J connectivity index is 1.50. The number of amides is 2. The highest BCUT2D eigenvalue weighted by Gasteiger charge is 2.27. The lowest BCUT2D eigenvalue weighted by Gasteiger charge is -2.16. The van der Waals surface area contributed by atoms with Gasteiger partial charge in [-0.25, -0.2) is 22.3 Å². The second-order valence-corrected chi connectivity index (χ2v) is 12.3. The predicted molar refractivity (Wildman–Crippen MR) is 135 cm³/mol. The Bertz CT molecular complexity index is 1410. The van der Waals surface area contributed by atoms with Gasteiger partial charge in [-0.05, 0) is 54.7 Å². The first kappa shape index (κ1) is 26.0. The summed E-state index contributed by atoms with van der Waals surface area (Å²) in [5.74, 6) is -0.0568. The average Bonchev–Trinajstić information content (AvgIpc) is 3.37. The van der Waals surface area contributed by atoms with Crippen LogP contribution >= 0.6 is 46.1 Å². The Labute approximate surface area is 220 Å². The Hall–Kier alpha value is -2.11. The quantitative estimate of drug-likeness (QED) is 0.357. The molecule has 0 atom stereocenters. The molecule has 1 aromatic carbocycles. The van der Waals surface area contributed by atoms with E-state index in [0.29, 0.717) is 68.2 Å². The number of hydrogen-bond acceptors (Lipinski definition) is 6. The highest BCUT2D eigenvalue weighted by atomic mass is 35.5. The van der Waals surface area contributed by atoms with Crippen LogP contribution in [0.15, 0.2) is 38.8 Å². The smallest absolute Gasteiger partial charge is 0.329 e. The maximum absolute atomic E-state index is 15.2. The number of urea groups is 1. The third kappa shape index (κ3) is 5.83. The van der Waals surface area contributed by atoms with Crippen molar-refractivity contribution in [2.24, 2.45) is 0 Å². The summed E-state index contributed by atoms with van der Waals surface area (Å²) < 4.78 is 47.5. The third-order valence-corrected chi connectivity index (χ3v) is 9.34. The minimum Gasteiger partial charge on any atom is -0.360 e. The molecule has 0 aliphatic heterocycles. The standard InChI is InChI=1S/C22H19Cl3FN3O4S2/c1-11-7-19(34-21(11)25)35(31,32)29-22(30)27-10-16(26)14-3-2-4-18-20(14)17(28-33-18)8-12-5-6-13(23)9-15(12)24/h5-7,9H,2-4,8,10H2,1H3,(H2,27,29,30). The van der Waals surface area contributed by atoms with E-state index in [4.69, 9.17) is 39.3 Å². The number of rotatable bonds is 6. The molecule has 2 aromatic heterocycles. The average molecular weight is 579 g/mol. The lowest BCUT2D eigenvalue weighted by atomic mass is 9.89. The van der Waals surface area contributed by atoms with Gasteiger partial charge in [-0.1, -0.05) is 46.0 Å². The van der Waals surface area contributed by atoms with E-state index in [-0.39, 0.29) is 4.21 Å². The van der Waals surface area contributed by atoms with Gasteiger partial charge >= 0.3 is 6.03 Å². The van der Waals surface area contributed by atoms with Crippen LogP contribution in [0.3, 0.4) is 0 Å². The van der Waals surface area contributed by atoms with Gasteiger partial charge in [0, 0.05) is 28.5 Å². The normalized spacial score (nSPS) is 15.0. The van der Waals surface area contributed by atoms with Crippen LogP contribution in [0.1, 0.15) is 41.0 Å². The number of carbonyl (C=O) groups is 1. The summed E-state index contributed by atoms with van der Waals surface area (Å²) in [5, 5.41) is 7.33. The monoisotopic (exact) mass is 577 g/mol. The molecule has 3 aromatic rings. The van der Waals surface area contributed by atoms with Gasteiger partial charge in [0.25, 0.3) is 10.0 Å². The highest BCUT2D eigenvalue weighted by molar-refractivity contribution is 7.92. The number of nitrogens with zero attached hydrogens (tertiary/aromatic N) is 1. The van der Waals surface area contributed by atoms with Crippen LogP contribution in [0, 0.1) is 6.92 Å². The molecule has 13 heteroatoms. The summed E-state index contributed by atoms with van der Waals surface area (Å²) in [5.41, 5.74) is 2.76. The summed E-state index contributed by atoms with van der Waals surface area (Å²) in [6.07, 6.45) is 1.96. The number of allylic oxidation sites excluding steroid dienone is 1. The van der Waals surface area contributed by atoms with E-state index in [9.17, 15) is 13.2 Å². The number of nitrogens with one attached hydrogen (secondary N) is 2. The second kappa shape index (κ2) is 10.5. The van der Waals surface area contributed by atoms with Crippen molar-refractivity contribution in [1.82, 2.24) is 15.2 Å². The van der Waals surface area contributed by atoms with Gasteiger partial charge in [0.05, 0.1) is 16.6 Å². The molecule has 35 heavy (non-hydrogen) atoms. The number of halogens is 4. The van der Waals surface area contributed by atoms with Crippen LogP contribution in [0.2, 0.25) is 14.4 Å². The molecule has 1 aliphatic carbocycles. The summed E-state index contributed by atoms with van der Waals surface area (Å²) in [6.45, 7) is 1.14. The van der Waals surface area contributed by atoms with E-state index in [2.05, 4.69) is 10.5 Å². The number of fused-ring (bicyclic) bond motifs is 1. The number of aryl methyl sites for hydroxylation is 2. The number of benzene rings is 1. The van der Waals surface area contributed by atoms with Crippen molar-refractivity contribution in [3.8, 4) is 0 Å². The molecule has 2 amide bonds. The van der Waals surface area contributed by atoms with Crippen LogP contribution in [0.25, 0.3) is 5.57 Å². The number of sulfonamides is 1. The third-order valence-electron chi connectivity index (χ3n) is 5.40. The molecule has 0 bridgehead atoms. The van der Waals surface area contributed by atoms with Crippen molar-refractivity contribution in [2.75, 3.05) is 6.54 Å². The Morgan fingerprint density at radius 1 is 1.23 bits per heavy atom. The van der Waals surface area contributed by atoms with Crippen molar-refractivity contribution >= 4 is 67.8 Å². The van der Waals surface area contributed by atoms with E-state index >= 15 is 4.39 Å². The molecule has 4 rings (SSSR count). The first-order valence-corrected chi connectivity index (χ1v) is 13.8. The maximum atomic E-state index is 15.2. The van der Waals surface area contributed by atoms with Gasteiger partial charge in [0.2, 0.25) is 0 Å². The van der Waals surface area contributed by atoms with Crippen molar-refractivity contribution in [1.29, 1.82) is 0 Å². The van der Waals surface area contributed by atoms with Crippen LogP contribution in [0.5, 0.6) is 0 Å². The number of hydrogen-bond donors (Lipinski definition) is 2. The minimum atomic E-state index is -4.14. The number of carbonyl (C=O) groups excluding carboxylic acids is 1. The fraction of sp³-hybridized carbons (Fsp3) is 0.273. The molecule has 1 aliphatic rings. The highest BCUT2D eigenvalue weighted by Crippen LogP contribution is 2.37. The first-order chi connectivity index (χ1) is 16.5. The largest absolute Gasteiger partial charge is 0.360 e. The predicted octanol–water partition coefficient (Wildman–Crippen LogP) is 6.30. The zero-order valence-corrected chi connectivity index (χ0v) is 22.2. The minimum absolute atomic E-state index is 0.110. The van der Waals surface area contributed by atoms with Gasteiger partial charge in [-0.3, -0.25) is 0 Å². The molecule has 0 spiro atoms. The van der Waals surface area contributed by atoms with E-state index in [1.54, 1.807) is 25.1 Å². The summed E-state index contributed by atoms with van der Waals surface area (Å²) >= 11 is 19.0. The van der Waals surface area contributed by atoms with Crippen LogP contribution < -0.4 is 10.0 Å². The lowest BCUT2D eigenvalue weighted by Crippen LogP contribution is -2.39. The van der Waals surface area contributed by atoms with E-state index in [0.717, 1.165) is 16.9 Å². The molecule has 7 nitrogen and oxygen atoms in total. The molecule has 2 heterocycles. The molecular weight excluding hydrogens is 560 g/mol. The first-order valence-electron chi connectivity index (χ1n) is 10.4. The molecule has 0 saturated heterocycles. The Morgan fingerprint density at radius 2 is 2.00 bits per heavy atom. The van der Waals surface area contributed by atoms with Crippen LogP contribution in [-0.2, 0) is 22.9 Å². The fourth-order valence-corrected chi connectivity index (χ4v) is 6.81. The van der Waals surface area contributed by atoms with E-state index in [1.165, 1.54) is 6.07 Å². The van der Waals surface area contributed by atoms with Gasteiger partial charge < -0.3 is 9.84 Å². The lowest BCUT2D eigenvalue weighted by molar-refractivity contribution is 0.246. The van der Waals surface area contributed by atoms with Crippen molar-refractivity contribution in [3.05, 3.63) is 72.6 Å². The molecule has 0 fully saturated rings. The Morgan fingerprint density at radius 3 is 2.69 bits per heavy atom. The van der Waals surface area contributed by atoms with Gasteiger partial charge in [-0.15, -0.1) is 11.3 Å². The topological polar surface area (TPSA) is 101 Å². The van der Waals surface area contributed by atoms with Crippen LogP contribution in [0.4, 0.5) is 9.18 Å². The second-order valence-electron chi connectivity index (χ2n) is 7.89. The molecule has 0 saturated carbocycles. The van der Waals surface area contributed by atoms with Crippen molar-refractivity contribution in [3.63, 3.8) is 0 Å². The zero-order valence-electron chi connectivity index (χ0n) is 18.3. The van der Waals surface area contributed by atoms with Crippen molar-refractivity contribution < 1.29 is 22.1 Å².